The Morgan fingerprint density at radius 1 is 1.35 bits per heavy atom. The molecule has 96 valence electrons. The zero-order valence-electron chi connectivity index (χ0n) is 9.92. The Morgan fingerprint density at radius 3 is 2.65 bits per heavy atom. The lowest BCUT2D eigenvalue weighted by atomic mass is 10.2. The zero-order chi connectivity index (χ0) is 12.8. The van der Waals surface area contributed by atoms with E-state index in [-0.39, 0.29) is 0 Å². The number of methoxy groups -OCH3 is 1. The van der Waals surface area contributed by atoms with Crippen LogP contribution in [0.2, 0.25) is 10.0 Å². The highest BCUT2D eigenvalue weighted by atomic mass is 79.9. The molecule has 2 nitrogen and oxygen atoms in total. The molecule has 0 heterocycles. The van der Waals surface area contributed by atoms with Crippen LogP contribution >= 0.6 is 39.1 Å². The summed E-state index contributed by atoms with van der Waals surface area (Å²) in [6, 6.07) is 5.72. The molecule has 17 heavy (non-hydrogen) atoms. The van der Waals surface area contributed by atoms with Crippen LogP contribution in [0.25, 0.3) is 0 Å². The highest BCUT2D eigenvalue weighted by Crippen LogP contribution is 2.23. The first-order valence-corrected chi connectivity index (χ1v) is 6.95. The third-order valence-corrected chi connectivity index (χ3v) is 3.59. The molecule has 0 saturated carbocycles. The average Bonchev–Trinajstić information content (AvgIpc) is 2.23. The quantitative estimate of drug-likeness (QED) is 0.729. The minimum Gasteiger partial charge on any atom is -0.383 e. The van der Waals surface area contributed by atoms with Crippen LogP contribution in [-0.2, 0) is 11.3 Å². The van der Waals surface area contributed by atoms with Gasteiger partial charge in [0.25, 0.3) is 0 Å². The second kappa shape index (κ2) is 7.59. The van der Waals surface area contributed by atoms with Gasteiger partial charge in [0.2, 0.25) is 0 Å². The van der Waals surface area contributed by atoms with Crippen LogP contribution in [0.3, 0.4) is 0 Å². The van der Waals surface area contributed by atoms with Crippen LogP contribution in [0.15, 0.2) is 18.2 Å². The van der Waals surface area contributed by atoms with E-state index in [1.807, 2.05) is 18.2 Å². The SMILES string of the molecule is COCC(Br)CN(C)Cc1ccc(Cl)c(Cl)c1. The topological polar surface area (TPSA) is 12.5 Å². The molecule has 0 bridgehead atoms. The maximum Gasteiger partial charge on any atom is 0.0600 e. The van der Waals surface area contributed by atoms with Crippen molar-refractivity contribution in [3.63, 3.8) is 0 Å². The molecule has 5 heteroatoms. The molecule has 1 atom stereocenters. The van der Waals surface area contributed by atoms with Crippen molar-refractivity contribution >= 4 is 39.1 Å². The minimum absolute atomic E-state index is 0.334. The van der Waals surface area contributed by atoms with Crippen molar-refractivity contribution in [3.8, 4) is 0 Å². The first-order valence-electron chi connectivity index (χ1n) is 5.28. The monoisotopic (exact) mass is 339 g/mol. The van der Waals surface area contributed by atoms with Gasteiger partial charge in [-0.2, -0.15) is 0 Å². The van der Waals surface area contributed by atoms with Crippen LogP contribution in [0.1, 0.15) is 5.56 Å². The van der Waals surface area contributed by atoms with Crippen molar-refractivity contribution in [2.45, 2.75) is 11.4 Å². The predicted molar refractivity (Wildman–Crippen MR) is 77.4 cm³/mol. The standard InChI is InChI=1S/C12H16BrCl2NO/c1-16(7-10(13)8-17-2)6-9-3-4-11(14)12(15)5-9/h3-5,10H,6-8H2,1-2H3. The van der Waals surface area contributed by atoms with Gasteiger partial charge < -0.3 is 9.64 Å². The summed E-state index contributed by atoms with van der Waals surface area (Å²) >= 11 is 15.4. The van der Waals surface area contributed by atoms with Gasteiger partial charge >= 0.3 is 0 Å². The van der Waals surface area contributed by atoms with Crippen LogP contribution in [0, 0.1) is 0 Å². The molecule has 0 radical (unpaired) electrons. The maximum atomic E-state index is 5.97. The van der Waals surface area contributed by atoms with Crippen LogP contribution in [0.4, 0.5) is 0 Å². The number of hydrogen-bond donors (Lipinski definition) is 0. The zero-order valence-corrected chi connectivity index (χ0v) is 13.0. The summed E-state index contributed by atoms with van der Waals surface area (Å²) in [4.78, 5) is 2.54. The van der Waals surface area contributed by atoms with E-state index in [9.17, 15) is 0 Å². The highest BCUT2D eigenvalue weighted by Gasteiger charge is 2.09. The van der Waals surface area contributed by atoms with E-state index < -0.39 is 0 Å². The first kappa shape index (κ1) is 15.3. The molecule has 1 aromatic carbocycles. The van der Waals surface area contributed by atoms with Gasteiger partial charge in [-0.3, -0.25) is 0 Å². The first-order chi connectivity index (χ1) is 8.02. The van der Waals surface area contributed by atoms with E-state index in [1.165, 1.54) is 0 Å². The molecule has 0 aliphatic carbocycles. The van der Waals surface area contributed by atoms with E-state index in [4.69, 9.17) is 27.9 Å². The Labute approximate surface area is 121 Å². The minimum atomic E-state index is 0.334. The van der Waals surface area contributed by atoms with E-state index in [2.05, 4.69) is 27.9 Å². The molecular formula is C12H16BrCl2NO. The lowest BCUT2D eigenvalue weighted by Crippen LogP contribution is -2.28. The summed E-state index contributed by atoms with van der Waals surface area (Å²) in [7, 11) is 3.76. The molecule has 0 fully saturated rings. The second-order valence-corrected chi connectivity index (χ2v) is 6.11. The Balaban J connectivity index is 2.50. The number of alkyl halides is 1. The number of hydrogen-bond acceptors (Lipinski definition) is 2. The molecule has 0 saturated heterocycles. The fourth-order valence-corrected chi connectivity index (χ4v) is 2.67. The molecule has 0 spiro atoms. The Hall–Kier alpha value is 0.200. The van der Waals surface area contributed by atoms with Crippen molar-refractivity contribution in [1.82, 2.24) is 4.90 Å². The summed E-state index contributed by atoms with van der Waals surface area (Å²) < 4.78 is 5.08. The third-order valence-electron chi connectivity index (χ3n) is 2.29. The van der Waals surface area contributed by atoms with Gasteiger partial charge in [-0.15, -0.1) is 0 Å². The van der Waals surface area contributed by atoms with Crippen molar-refractivity contribution in [2.75, 3.05) is 27.3 Å². The van der Waals surface area contributed by atoms with Gasteiger partial charge in [0, 0.05) is 20.2 Å². The fourth-order valence-electron chi connectivity index (χ4n) is 1.59. The van der Waals surface area contributed by atoms with Crippen LogP contribution < -0.4 is 0 Å². The normalized spacial score (nSPS) is 13.1. The molecule has 0 aromatic heterocycles. The Kier molecular flexibility index (Phi) is 6.82. The molecule has 0 amide bonds. The third kappa shape index (κ3) is 5.58. The van der Waals surface area contributed by atoms with Crippen molar-refractivity contribution in [1.29, 1.82) is 0 Å². The number of nitrogens with zero attached hydrogens (tertiary/aromatic N) is 1. The van der Waals surface area contributed by atoms with Gasteiger partial charge in [0.15, 0.2) is 0 Å². The van der Waals surface area contributed by atoms with Gasteiger partial charge in [0.05, 0.1) is 21.5 Å². The number of halogens is 3. The maximum absolute atomic E-state index is 5.97. The van der Waals surface area contributed by atoms with Crippen LogP contribution in [-0.4, -0.2) is 37.0 Å². The van der Waals surface area contributed by atoms with Gasteiger partial charge in [-0.1, -0.05) is 45.2 Å². The summed E-state index contributed by atoms with van der Waals surface area (Å²) in [5.74, 6) is 0. The smallest absolute Gasteiger partial charge is 0.0600 e. The van der Waals surface area contributed by atoms with Crippen molar-refractivity contribution in [3.05, 3.63) is 33.8 Å². The largest absolute Gasteiger partial charge is 0.383 e. The van der Waals surface area contributed by atoms with E-state index in [0.29, 0.717) is 21.5 Å². The molecule has 0 aliphatic rings. The molecule has 1 aromatic rings. The highest BCUT2D eigenvalue weighted by molar-refractivity contribution is 9.09. The summed E-state index contributed by atoms with van der Waals surface area (Å²) in [6.07, 6.45) is 0. The Morgan fingerprint density at radius 2 is 2.06 bits per heavy atom. The molecule has 0 N–H and O–H groups in total. The lowest BCUT2D eigenvalue weighted by molar-refractivity contribution is 0.185. The van der Waals surface area contributed by atoms with Crippen molar-refractivity contribution < 1.29 is 4.74 Å². The van der Waals surface area contributed by atoms with Crippen LogP contribution in [0.5, 0.6) is 0 Å². The molecular weight excluding hydrogens is 325 g/mol. The van der Waals surface area contributed by atoms with Gasteiger partial charge in [0.1, 0.15) is 0 Å². The Bertz CT molecular complexity index is 362. The summed E-state index contributed by atoms with van der Waals surface area (Å²) in [5, 5.41) is 1.20. The summed E-state index contributed by atoms with van der Waals surface area (Å²) in [6.45, 7) is 2.45. The fraction of sp³-hybridized carbons (Fsp3) is 0.500. The molecule has 1 unspecified atom stereocenters. The average molecular weight is 341 g/mol. The van der Waals surface area contributed by atoms with Gasteiger partial charge in [-0.25, -0.2) is 0 Å². The molecule has 1 rings (SSSR count). The number of rotatable bonds is 6. The summed E-state index contributed by atoms with van der Waals surface area (Å²) in [5.41, 5.74) is 1.15. The predicted octanol–water partition coefficient (Wildman–Crippen LogP) is 3.84. The number of ether oxygens (including phenoxy) is 1. The number of benzene rings is 1. The second-order valence-electron chi connectivity index (χ2n) is 4.00. The van der Waals surface area contributed by atoms with Gasteiger partial charge in [-0.05, 0) is 24.7 Å². The van der Waals surface area contributed by atoms with E-state index in [1.54, 1.807) is 7.11 Å². The van der Waals surface area contributed by atoms with Crippen molar-refractivity contribution in [2.24, 2.45) is 0 Å². The molecule has 0 aliphatic heterocycles. The van der Waals surface area contributed by atoms with E-state index >= 15 is 0 Å². The lowest BCUT2D eigenvalue weighted by Gasteiger charge is -2.20. The van der Waals surface area contributed by atoms with E-state index in [0.717, 1.165) is 18.7 Å².